The van der Waals surface area contributed by atoms with Crippen molar-refractivity contribution in [2.45, 2.75) is 45.1 Å². The minimum Gasteiger partial charge on any atom is -1.00 e. The van der Waals surface area contributed by atoms with Gasteiger partial charge in [0.1, 0.15) is 12.4 Å². The highest BCUT2D eigenvalue weighted by molar-refractivity contribution is 5.76. The summed E-state index contributed by atoms with van der Waals surface area (Å²) in [6.45, 7) is 3.07. The molecule has 1 aliphatic rings. The molecule has 0 saturated carbocycles. The minimum absolute atomic E-state index is 0. The molecule has 0 radical (unpaired) electrons. The zero-order chi connectivity index (χ0) is 12.3. The molecule has 4 nitrogen and oxygen atoms in total. The van der Waals surface area contributed by atoms with Crippen LogP contribution in [-0.2, 0) is 7.05 Å². The van der Waals surface area contributed by atoms with Gasteiger partial charge in [0.2, 0.25) is 0 Å². The molecule has 0 spiro atoms. The molecule has 1 aromatic heterocycles. The predicted molar refractivity (Wildman–Crippen MR) is 65.7 cm³/mol. The van der Waals surface area contributed by atoms with Gasteiger partial charge in [-0.05, 0) is 19.3 Å². The molecule has 102 valence electrons. The molecule has 1 atom stereocenters. The van der Waals surface area contributed by atoms with Crippen LogP contribution in [0.2, 0.25) is 0 Å². The van der Waals surface area contributed by atoms with Gasteiger partial charge in [0, 0.05) is 12.6 Å². The lowest BCUT2D eigenvalue weighted by atomic mass is 10.1. The molecule has 0 bridgehead atoms. The second-order valence-corrected chi connectivity index (χ2v) is 4.87. The normalized spacial score (nSPS) is 20.1. The second-order valence-electron chi connectivity index (χ2n) is 4.87. The average Bonchev–Trinajstić information content (AvgIpc) is 2.64. The van der Waals surface area contributed by atoms with E-state index in [1.807, 2.05) is 35.2 Å². The van der Waals surface area contributed by atoms with Crippen molar-refractivity contribution in [2.24, 2.45) is 7.05 Å². The van der Waals surface area contributed by atoms with E-state index in [1.54, 1.807) is 4.57 Å². The minimum atomic E-state index is 0. The van der Waals surface area contributed by atoms with Crippen molar-refractivity contribution in [3.63, 3.8) is 0 Å². The fraction of sp³-hybridized carbons (Fsp3) is 0.692. The molecular formula is C13H22IN3O. The van der Waals surface area contributed by atoms with E-state index in [0.717, 1.165) is 25.8 Å². The monoisotopic (exact) mass is 363 g/mol. The predicted octanol–water partition coefficient (Wildman–Crippen LogP) is -1.06. The maximum atomic E-state index is 12.4. The zero-order valence-corrected chi connectivity index (χ0v) is 13.3. The van der Waals surface area contributed by atoms with Crippen molar-refractivity contribution in [1.82, 2.24) is 9.47 Å². The molecule has 0 N–H and O–H groups in total. The van der Waals surface area contributed by atoms with Gasteiger partial charge in [-0.1, -0.05) is 19.8 Å². The Morgan fingerprint density at radius 1 is 1.39 bits per heavy atom. The van der Waals surface area contributed by atoms with Crippen LogP contribution in [0, 0.1) is 0 Å². The van der Waals surface area contributed by atoms with Crippen molar-refractivity contribution in [1.29, 1.82) is 0 Å². The Balaban J connectivity index is 0.00000162. The maximum Gasteiger partial charge on any atom is 0.416 e. The number of rotatable bonds is 1. The van der Waals surface area contributed by atoms with Gasteiger partial charge in [0.05, 0.1) is 7.05 Å². The van der Waals surface area contributed by atoms with Crippen molar-refractivity contribution in [3.8, 4) is 0 Å². The van der Waals surface area contributed by atoms with E-state index in [-0.39, 0.29) is 30.0 Å². The van der Waals surface area contributed by atoms with E-state index in [9.17, 15) is 4.79 Å². The Morgan fingerprint density at radius 2 is 2.17 bits per heavy atom. The topological polar surface area (TPSA) is 29.1 Å². The van der Waals surface area contributed by atoms with E-state index in [2.05, 4.69) is 6.92 Å². The number of hydrogen-bond donors (Lipinski definition) is 0. The fourth-order valence-corrected chi connectivity index (χ4v) is 2.57. The summed E-state index contributed by atoms with van der Waals surface area (Å²) in [5, 5.41) is 0. The first-order valence-corrected chi connectivity index (χ1v) is 6.56. The molecule has 1 unspecified atom stereocenters. The Bertz CT molecular complexity index is 391. The molecule has 0 aliphatic carbocycles. The van der Waals surface area contributed by atoms with E-state index in [1.165, 1.54) is 12.8 Å². The Kier molecular flexibility index (Phi) is 6.11. The molecule has 1 fully saturated rings. The van der Waals surface area contributed by atoms with Crippen LogP contribution in [-0.4, -0.2) is 28.1 Å². The van der Waals surface area contributed by atoms with Crippen LogP contribution in [0.4, 0.5) is 4.79 Å². The molecule has 1 aliphatic heterocycles. The number of aryl methyl sites for hydroxylation is 1. The SMILES string of the molecule is CCC1CCCCCN1C(=O)n1cc[n+](C)c1.[I-]. The van der Waals surface area contributed by atoms with E-state index in [0.29, 0.717) is 6.04 Å². The lowest BCUT2D eigenvalue weighted by Crippen LogP contribution is -3.00. The smallest absolute Gasteiger partial charge is 0.416 e. The molecule has 1 aromatic rings. The third-order valence-corrected chi connectivity index (χ3v) is 3.58. The maximum absolute atomic E-state index is 12.4. The number of amides is 1. The molecule has 2 heterocycles. The van der Waals surface area contributed by atoms with Crippen LogP contribution in [0.25, 0.3) is 0 Å². The first-order valence-electron chi connectivity index (χ1n) is 6.56. The number of carbonyl (C=O) groups excluding carboxylic acids is 1. The van der Waals surface area contributed by atoms with Gasteiger partial charge >= 0.3 is 6.03 Å². The van der Waals surface area contributed by atoms with Gasteiger partial charge in [0.15, 0.2) is 0 Å². The number of carbonyl (C=O) groups is 1. The number of hydrogen-bond acceptors (Lipinski definition) is 1. The molecule has 5 heteroatoms. The summed E-state index contributed by atoms with van der Waals surface area (Å²) in [5.41, 5.74) is 0. The first kappa shape index (κ1) is 15.5. The Labute approximate surface area is 126 Å². The highest BCUT2D eigenvalue weighted by Crippen LogP contribution is 2.19. The molecule has 18 heavy (non-hydrogen) atoms. The third kappa shape index (κ3) is 3.46. The summed E-state index contributed by atoms with van der Waals surface area (Å²) in [7, 11) is 1.93. The van der Waals surface area contributed by atoms with Gasteiger partial charge in [-0.25, -0.2) is 9.36 Å². The Hall–Kier alpha value is -0.590. The molecule has 1 saturated heterocycles. The summed E-state index contributed by atoms with van der Waals surface area (Å²) in [4.78, 5) is 14.5. The molecule has 1 amide bonds. The Morgan fingerprint density at radius 3 is 2.78 bits per heavy atom. The van der Waals surface area contributed by atoms with Gasteiger partial charge in [-0.2, -0.15) is 4.57 Å². The highest BCUT2D eigenvalue weighted by atomic mass is 127. The van der Waals surface area contributed by atoms with Crippen molar-refractivity contribution in [2.75, 3.05) is 6.54 Å². The number of likely N-dealkylation sites (tertiary alicyclic amines) is 1. The van der Waals surface area contributed by atoms with E-state index >= 15 is 0 Å². The van der Waals surface area contributed by atoms with E-state index in [4.69, 9.17) is 0 Å². The first-order chi connectivity index (χ1) is 8.22. The average molecular weight is 363 g/mol. The van der Waals surface area contributed by atoms with Gasteiger partial charge < -0.3 is 28.9 Å². The lowest BCUT2D eigenvalue weighted by molar-refractivity contribution is -0.670. The lowest BCUT2D eigenvalue weighted by Gasteiger charge is -2.26. The van der Waals surface area contributed by atoms with Crippen molar-refractivity contribution in [3.05, 3.63) is 18.7 Å². The van der Waals surface area contributed by atoms with Crippen molar-refractivity contribution >= 4 is 6.03 Å². The molecule has 2 rings (SSSR count). The number of halogens is 1. The highest BCUT2D eigenvalue weighted by Gasteiger charge is 2.28. The van der Waals surface area contributed by atoms with Crippen LogP contribution in [0.1, 0.15) is 39.0 Å². The number of nitrogens with zero attached hydrogens (tertiary/aromatic N) is 3. The standard InChI is InChI=1S/C13H22N3O.HI/c1-3-12-7-5-4-6-8-16(12)13(17)15-10-9-14(2)11-15;/h9-12H,3-8H2,1-2H3;1H/q+1;/p-1. The quantitative estimate of drug-likeness (QED) is 0.462. The number of aromatic nitrogens is 2. The summed E-state index contributed by atoms with van der Waals surface area (Å²) in [6.07, 6.45) is 11.4. The van der Waals surface area contributed by atoms with Crippen LogP contribution >= 0.6 is 0 Å². The van der Waals surface area contributed by atoms with E-state index < -0.39 is 0 Å². The summed E-state index contributed by atoms with van der Waals surface area (Å²) in [6, 6.07) is 0.539. The summed E-state index contributed by atoms with van der Waals surface area (Å²) >= 11 is 0. The fourth-order valence-electron chi connectivity index (χ4n) is 2.57. The van der Waals surface area contributed by atoms with Gasteiger partial charge in [-0.3, -0.25) is 0 Å². The molecular weight excluding hydrogens is 341 g/mol. The van der Waals surface area contributed by atoms with Crippen LogP contribution in [0.15, 0.2) is 18.7 Å². The molecule has 0 aromatic carbocycles. The third-order valence-electron chi connectivity index (χ3n) is 3.58. The van der Waals surface area contributed by atoms with Crippen LogP contribution in [0.5, 0.6) is 0 Å². The summed E-state index contributed by atoms with van der Waals surface area (Å²) in [5.74, 6) is 0. The second kappa shape index (κ2) is 7.11. The number of imidazole rings is 1. The largest absolute Gasteiger partial charge is 1.00 e. The zero-order valence-electron chi connectivity index (χ0n) is 11.2. The summed E-state index contributed by atoms with van der Waals surface area (Å²) < 4.78 is 3.59. The van der Waals surface area contributed by atoms with Gasteiger partial charge in [-0.15, -0.1) is 0 Å². The van der Waals surface area contributed by atoms with Gasteiger partial charge in [0.25, 0.3) is 6.33 Å². The van der Waals surface area contributed by atoms with Crippen molar-refractivity contribution < 1.29 is 33.3 Å². The van der Waals surface area contributed by atoms with Crippen LogP contribution in [0.3, 0.4) is 0 Å². The van der Waals surface area contributed by atoms with Crippen LogP contribution < -0.4 is 28.5 Å².